The third-order valence-corrected chi connectivity index (χ3v) is 3.21. The van der Waals surface area contributed by atoms with Crippen LogP contribution in [0.2, 0.25) is 5.02 Å². The third-order valence-electron chi connectivity index (χ3n) is 2.66. The highest BCUT2D eigenvalue weighted by molar-refractivity contribution is 6.31. The van der Waals surface area contributed by atoms with Crippen molar-refractivity contribution in [2.24, 2.45) is 0 Å². The molecule has 2 heterocycles. The highest BCUT2D eigenvalue weighted by Crippen LogP contribution is 2.22. The minimum atomic E-state index is -0.538. The van der Waals surface area contributed by atoms with E-state index >= 15 is 0 Å². The fourth-order valence-electron chi connectivity index (χ4n) is 1.66. The molecule has 0 radical (unpaired) electrons. The van der Waals surface area contributed by atoms with Gasteiger partial charge in [-0.2, -0.15) is 10.1 Å². The molecule has 1 N–H and O–H groups in total. The summed E-state index contributed by atoms with van der Waals surface area (Å²) in [4.78, 5) is 8.03. The molecule has 2 rings (SSSR count). The highest BCUT2D eigenvalue weighted by Gasteiger charge is 2.16. The molecule has 0 saturated heterocycles. The van der Waals surface area contributed by atoms with Gasteiger partial charge in [0.05, 0.1) is 22.6 Å². The first-order valence-electron chi connectivity index (χ1n) is 6.03. The lowest BCUT2D eigenvalue weighted by molar-refractivity contribution is 0.590. The van der Waals surface area contributed by atoms with Crippen molar-refractivity contribution in [3.8, 4) is 5.82 Å². The van der Waals surface area contributed by atoms with Gasteiger partial charge in [0.25, 0.3) is 0 Å². The number of nitrogens with one attached hydrogen (secondary N) is 1. The summed E-state index contributed by atoms with van der Waals surface area (Å²) in [6.45, 7) is 6.28. The van der Waals surface area contributed by atoms with Crippen molar-refractivity contribution >= 4 is 17.5 Å². The van der Waals surface area contributed by atoms with Crippen LogP contribution in [0.25, 0.3) is 5.82 Å². The fraction of sp³-hybridized carbons (Fsp3) is 0.417. The molecule has 0 saturated carbocycles. The van der Waals surface area contributed by atoms with E-state index in [1.807, 2.05) is 6.92 Å². The van der Waals surface area contributed by atoms with Gasteiger partial charge in [-0.3, -0.25) is 0 Å². The Labute approximate surface area is 115 Å². The summed E-state index contributed by atoms with van der Waals surface area (Å²) in [6, 6.07) is 0. The fourth-order valence-corrected chi connectivity index (χ4v) is 1.78. The molecule has 5 nitrogen and oxygen atoms in total. The van der Waals surface area contributed by atoms with Gasteiger partial charge in [0.2, 0.25) is 5.95 Å². The topological polar surface area (TPSA) is 55.6 Å². The average molecular weight is 284 g/mol. The van der Waals surface area contributed by atoms with Crippen molar-refractivity contribution in [2.45, 2.75) is 27.2 Å². The molecule has 2 aromatic heterocycles. The SMILES string of the molecule is CCCNc1ncc(F)c(-n2nc(C)c(Cl)c2C)n1. The molecule has 0 unspecified atom stereocenters. The predicted molar refractivity (Wildman–Crippen MR) is 72.4 cm³/mol. The van der Waals surface area contributed by atoms with Crippen LogP contribution in [0.15, 0.2) is 6.20 Å². The Bertz CT molecular complexity index is 596. The second-order valence-electron chi connectivity index (χ2n) is 4.19. The number of anilines is 1. The maximum absolute atomic E-state index is 13.8. The van der Waals surface area contributed by atoms with Crippen molar-refractivity contribution in [1.29, 1.82) is 0 Å². The Morgan fingerprint density at radius 2 is 2.16 bits per heavy atom. The Hall–Kier alpha value is -1.69. The lowest BCUT2D eigenvalue weighted by atomic mass is 10.4. The molecule has 102 valence electrons. The van der Waals surface area contributed by atoms with Gasteiger partial charge < -0.3 is 5.32 Å². The summed E-state index contributed by atoms with van der Waals surface area (Å²) in [6.07, 6.45) is 2.06. The molecule has 7 heteroatoms. The van der Waals surface area contributed by atoms with Crippen LogP contribution in [-0.2, 0) is 0 Å². The van der Waals surface area contributed by atoms with Gasteiger partial charge in [-0.25, -0.2) is 14.1 Å². The van der Waals surface area contributed by atoms with Crippen LogP contribution in [0.5, 0.6) is 0 Å². The summed E-state index contributed by atoms with van der Waals surface area (Å²) in [5, 5.41) is 7.71. The maximum Gasteiger partial charge on any atom is 0.224 e. The van der Waals surface area contributed by atoms with E-state index in [1.165, 1.54) is 4.68 Å². The van der Waals surface area contributed by atoms with E-state index in [2.05, 4.69) is 20.4 Å². The second kappa shape index (κ2) is 5.52. The Morgan fingerprint density at radius 1 is 1.42 bits per heavy atom. The highest BCUT2D eigenvalue weighted by atomic mass is 35.5. The van der Waals surface area contributed by atoms with Crippen LogP contribution in [0.1, 0.15) is 24.7 Å². The number of aryl methyl sites for hydroxylation is 1. The quantitative estimate of drug-likeness (QED) is 0.937. The van der Waals surface area contributed by atoms with Crippen molar-refractivity contribution < 1.29 is 4.39 Å². The van der Waals surface area contributed by atoms with Crippen LogP contribution >= 0.6 is 11.6 Å². The van der Waals surface area contributed by atoms with E-state index in [1.54, 1.807) is 13.8 Å². The van der Waals surface area contributed by atoms with Gasteiger partial charge >= 0.3 is 0 Å². The third kappa shape index (κ3) is 2.68. The summed E-state index contributed by atoms with van der Waals surface area (Å²) in [5.41, 5.74) is 1.29. The number of nitrogens with zero attached hydrogens (tertiary/aromatic N) is 4. The predicted octanol–water partition coefficient (Wildman–Crippen LogP) is 2.89. The monoisotopic (exact) mass is 283 g/mol. The molecular weight excluding hydrogens is 269 g/mol. The standard InChI is InChI=1S/C12H15ClFN5/c1-4-5-15-12-16-6-9(14)11(17-12)19-8(3)10(13)7(2)18-19/h6H,4-5H2,1-3H3,(H,15,16,17). The van der Waals surface area contributed by atoms with E-state index in [0.29, 0.717) is 22.4 Å². The minimum absolute atomic E-state index is 0.0982. The lowest BCUT2D eigenvalue weighted by Gasteiger charge is -2.07. The first kappa shape index (κ1) is 13.7. The van der Waals surface area contributed by atoms with Crippen molar-refractivity contribution in [3.05, 3.63) is 28.4 Å². The molecule has 0 spiro atoms. The molecule has 0 bridgehead atoms. The van der Waals surface area contributed by atoms with Crippen LogP contribution in [0.3, 0.4) is 0 Å². The number of halogens is 2. The Morgan fingerprint density at radius 3 is 2.74 bits per heavy atom. The van der Waals surface area contributed by atoms with Crippen LogP contribution in [0, 0.1) is 19.7 Å². The van der Waals surface area contributed by atoms with Gasteiger partial charge in [-0.1, -0.05) is 18.5 Å². The van der Waals surface area contributed by atoms with E-state index in [0.717, 1.165) is 19.2 Å². The van der Waals surface area contributed by atoms with Gasteiger partial charge in [0.15, 0.2) is 11.6 Å². The van der Waals surface area contributed by atoms with Crippen LogP contribution in [-0.4, -0.2) is 26.3 Å². The van der Waals surface area contributed by atoms with E-state index < -0.39 is 5.82 Å². The van der Waals surface area contributed by atoms with Crippen molar-refractivity contribution in [3.63, 3.8) is 0 Å². The van der Waals surface area contributed by atoms with Gasteiger partial charge in [0, 0.05) is 6.54 Å². The molecule has 0 aliphatic carbocycles. The Balaban J connectivity index is 2.45. The zero-order valence-corrected chi connectivity index (χ0v) is 11.8. The van der Waals surface area contributed by atoms with E-state index in [9.17, 15) is 4.39 Å². The van der Waals surface area contributed by atoms with Crippen molar-refractivity contribution in [2.75, 3.05) is 11.9 Å². The molecular formula is C12H15ClFN5. The molecule has 0 amide bonds. The van der Waals surface area contributed by atoms with Gasteiger partial charge in [0.1, 0.15) is 0 Å². The first-order chi connectivity index (χ1) is 9.04. The second-order valence-corrected chi connectivity index (χ2v) is 4.57. The van der Waals surface area contributed by atoms with Crippen LogP contribution in [0.4, 0.5) is 10.3 Å². The zero-order valence-electron chi connectivity index (χ0n) is 11.0. The molecule has 2 aromatic rings. The van der Waals surface area contributed by atoms with E-state index in [-0.39, 0.29) is 5.82 Å². The summed E-state index contributed by atoms with van der Waals surface area (Å²) in [7, 11) is 0. The number of hydrogen-bond donors (Lipinski definition) is 1. The molecule has 0 aliphatic rings. The summed E-state index contributed by atoms with van der Waals surface area (Å²) in [5.74, 6) is -0.0626. The number of rotatable bonds is 4. The normalized spacial score (nSPS) is 10.8. The molecule has 0 atom stereocenters. The summed E-state index contributed by atoms with van der Waals surface area (Å²) >= 11 is 6.06. The lowest BCUT2D eigenvalue weighted by Crippen LogP contribution is -2.10. The van der Waals surface area contributed by atoms with E-state index in [4.69, 9.17) is 11.6 Å². The molecule has 0 fully saturated rings. The Kier molecular flexibility index (Phi) is 3.99. The largest absolute Gasteiger partial charge is 0.354 e. The smallest absolute Gasteiger partial charge is 0.224 e. The summed E-state index contributed by atoms with van der Waals surface area (Å²) < 4.78 is 15.2. The van der Waals surface area contributed by atoms with Crippen LogP contribution < -0.4 is 5.32 Å². The number of aromatic nitrogens is 4. The minimum Gasteiger partial charge on any atom is -0.354 e. The molecule has 0 aromatic carbocycles. The van der Waals surface area contributed by atoms with Gasteiger partial charge in [-0.15, -0.1) is 0 Å². The average Bonchev–Trinajstić information content (AvgIpc) is 2.65. The number of hydrogen-bond acceptors (Lipinski definition) is 4. The van der Waals surface area contributed by atoms with Crippen molar-refractivity contribution in [1.82, 2.24) is 19.7 Å². The maximum atomic E-state index is 13.8. The zero-order chi connectivity index (χ0) is 14.0. The molecule has 19 heavy (non-hydrogen) atoms. The first-order valence-corrected chi connectivity index (χ1v) is 6.41. The van der Waals surface area contributed by atoms with Gasteiger partial charge in [-0.05, 0) is 20.3 Å². The molecule has 0 aliphatic heterocycles.